The summed E-state index contributed by atoms with van der Waals surface area (Å²) < 4.78 is 43.6. The second-order valence-electron chi connectivity index (χ2n) is 10.5. The number of carbonyl (C=O) groups is 2. The third-order valence-electron chi connectivity index (χ3n) is 7.87. The summed E-state index contributed by atoms with van der Waals surface area (Å²) in [4.78, 5) is 26.6. The molecule has 5 rings (SSSR count). The summed E-state index contributed by atoms with van der Waals surface area (Å²) in [5.74, 6) is -1.01. The Hall–Kier alpha value is -3.70. The zero-order valence-electron chi connectivity index (χ0n) is 21.8. The number of carbonyl (C=O) groups excluding carboxylic acids is 2. The average molecular weight is 557 g/mol. The minimum absolute atomic E-state index is 0.0992. The maximum atomic E-state index is 12.9. The van der Waals surface area contributed by atoms with Gasteiger partial charge in [-0.2, -0.15) is 13.2 Å². The Kier molecular flexibility index (Phi) is 7.95. The number of nitrogens with one attached hydrogen (secondary N) is 2. The monoisotopic (exact) mass is 556 g/mol. The summed E-state index contributed by atoms with van der Waals surface area (Å²) in [5.41, 5.74) is 0.791. The standard InChI is InChI=1S/C29H31F3N4O4/c30-29(31,32)23-3-1-2-20(14-23)27(38)33-16-26(37)36-13-10-25(17-36)35-24-8-11-28(39,12-9-24)22-6-4-19(5-7-22)21-15-34-40-18-21/h1-7,14-15,18,24-25,35,39H,8-13,16-17H2,(H,33,38). The SMILES string of the molecule is O=C(NCC(=O)N1CCC(NC2CCC(O)(c3ccc(-c4cnoc4)cc3)CC2)C1)c1cccc(C(F)(F)F)c1. The fraction of sp³-hybridized carbons (Fsp3) is 0.414. The van der Waals surface area contributed by atoms with Crippen molar-refractivity contribution < 1.29 is 32.4 Å². The van der Waals surface area contributed by atoms with E-state index in [2.05, 4.69) is 15.8 Å². The average Bonchev–Trinajstić information content (AvgIpc) is 3.66. The Morgan fingerprint density at radius 1 is 1.05 bits per heavy atom. The van der Waals surface area contributed by atoms with Crippen LogP contribution in [0.4, 0.5) is 13.2 Å². The van der Waals surface area contributed by atoms with Gasteiger partial charge in [0.05, 0.1) is 23.9 Å². The number of hydrogen-bond acceptors (Lipinski definition) is 6. The molecule has 40 heavy (non-hydrogen) atoms. The first-order chi connectivity index (χ1) is 19.1. The van der Waals surface area contributed by atoms with Gasteiger partial charge >= 0.3 is 6.18 Å². The maximum Gasteiger partial charge on any atom is 0.416 e. The Balaban J connectivity index is 1.06. The topological polar surface area (TPSA) is 108 Å². The lowest BCUT2D eigenvalue weighted by molar-refractivity contribution is -0.137. The van der Waals surface area contributed by atoms with E-state index in [1.807, 2.05) is 24.3 Å². The molecule has 2 heterocycles. The minimum atomic E-state index is -4.55. The number of likely N-dealkylation sites (tertiary alicyclic amines) is 1. The number of aliphatic hydroxyl groups is 1. The van der Waals surface area contributed by atoms with E-state index in [-0.39, 0.29) is 30.1 Å². The van der Waals surface area contributed by atoms with Gasteiger partial charge in [-0.15, -0.1) is 0 Å². The molecule has 8 nitrogen and oxygen atoms in total. The van der Waals surface area contributed by atoms with Gasteiger partial charge in [0.25, 0.3) is 5.91 Å². The first-order valence-electron chi connectivity index (χ1n) is 13.3. The van der Waals surface area contributed by atoms with Crippen LogP contribution in [0.3, 0.4) is 0 Å². The normalized spacial score (nSPS) is 23.2. The maximum absolute atomic E-state index is 12.9. The number of rotatable bonds is 7. The molecule has 0 bridgehead atoms. The molecule has 1 aliphatic carbocycles. The van der Waals surface area contributed by atoms with Crippen molar-refractivity contribution in [2.75, 3.05) is 19.6 Å². The third-order valence-corrected chi connectivity index (χ3v) is 7.87. The van der Waals surface area contributed by atoms with E-state index in [9.17, 15) is 27.9 Å². The largest absolute Gasteiger partial charge is 0.416 e. The number of nitrogens with zero attached hydrogens (tertiary/aromatic N) is 2. The highest BCUT2D eigenvalue weighted by atomic mass is 19.4. The van der Waals surface area contributed by atoms with Crippen LogP contribution in [-0.2, 0) is 16.6 Å². The van der Waals surface area contributed by atoms with Gasteiger partial charge < -0.3 is 25.2 Å². The van der Waals surface area contributed by atoms with Gasteiger partial charge in [0, 0.05) is 36.3 Å². The molecule has 1 saturated carbocycles. The van der Waals surface area contributed by atoms with Gasteiger partial charge in [0.1, 0.15) is 6.26 Å². The third kappa shape index (κ3) is 6.37. The van der Waals surface area contributed by atoms with E-state index in [4.69, 9.17) is 4.52 Å². The smallest absolute Gasteiger partial charge is 0.385 e. The van der Waals surface area contributed by atoms with E-state index in [1.165, 1.54) is 12.1 Å². The molecule has 1 aliphatic heterocycles. The fourth-order valence-corrected chi connectivity index (χ4v) is 5.53. The van der Waals surface area contributed by atoms with Crippen molar-refractivity contribution >= 4 is 11.8 Å². The number of benzene rings is 2. The highest BCUT2D eigenvalue weighted by molar-refractivity contribution is 5.96. The molecule has 3 N–H and O–H groups in total. The Morgan fingerprint density at radius 2 is 1.80 bits per heavy atom. The molecule has 212 valence electrons. The first kappa shape index (κ1) is 27.9. The lowest BCUT2D eigenvalue weighted by Crippen LogP contribution is -2.46. The lowest BCUT2D eigenvalue weighted by atomic mass is 9.77. The van der Waals surface area contributed by atoms with E-state index in [1.54, 1.807) is 17.4 Å². The molecule has 1 unspecified atom stereocenters. The second-order valence-corrected chi connectivity index (χ2v) is 10.5. The molecular weight excluding hydrogens is 525 g/mol. The molecule has 2 aliphatic rings. The van der Waals surface area contributed by atoms with Crippen molar-refractivity contribution in [1.29, 1.82) is 0 Å². The molecule has 3 aromatic rings. The summed E-state index contributed by atoms with van der Waals surface area (Å²) in [7, 11) is 0. The summed E-state index contributed by atoms with van der Waals surface area (Å²) in [6.45, 7) is 0.739. The van der Waals surface area contributed by atoms with Crippen LogP contribution in [0.5, 0.6) is 0 Å². The number of aromatic nitrogens is 1. The summed E-state index contributed by atoms with van der Waals surface area (Å²) >= 11 is 0. The van der Waals surface area contributed by atoms with E-state index in [0.29, 0.717) is 25.9 Å². The van der Waals surface area contributed by atoms with Crippen molar-refractivity contribution in [3.63, 3.8) is 0 Å². The molecule has 2 amide bonds. The zero-order chi connectivity index (χ0) is 28.3. The van der Waals surface area contributed by atoms with Gasteiger partial charge in [0.2, 0.25) is 5.91 Å². The van der Waals surface area contributed by atoms with Crippen LogP contribution in [0, 0.1) is 0 Å². The number of alkyl halides is 3. The summed E-state index contributed by atoms with van der Waals surface area (Å²) in [6, 6.07) is 12.2. The first-order valence-corrected chi connectivity index (χ1v) is 13.3. The molecule has 2 aromatic carbocycles. The molecule has 1 saturated heterocycles. The van der Waals surface area contributed by atoms with Crippen LogP contribution in [0.2, 0.25) is 0 Å². The van der Waals surface area contributed by atoms with Gasteiger partial charge in [-0.3, -0.25) is 9.59 Å². The molecule has 0 radical (unpaired) electrons. The molecule has 11 heteroatoms. The van der Waals surface area contributed by atoms with Crippen LogP contribution in [0.1, 0.15) is 53.6 Å². The molecule has 1 atom stereocenters. The van der Waals surface area contributed by atoms with Crippen molar-refractivity contribution in [1.82, 2.24) is 20.7 Å². The van der Waals surface area contributed by atoms with Gasteiger partial charge in [-0.1, -0.05) is 35.5 Å². The fourth-order valence-electron chi connectivity index (χ4n) is 5.53. The van der Waals surface area contributed by atoms with E-state index >= 15 is 0 Å². The Morgan fingerprint density at radius 3 is 2.48 bits per heavy atom. The van der Waals surface area contributed by atoms with Crippen molar-refractivity contribution in [3.05, 3.63) is 77.7 Å². The van der Waals surface area contributed by atoms with Crippen LogP contribution < -0.4 is 10.6 Å². The minimum Gasteiger partial charge on any atom is -0.385 e. The number of halogens is 3. The Bertz CT molecular complexity index is 1320. The van der Waals surface area contributed by atoms with Gasteiger partial charge in [0.15, 0.2) is 0 Å². The van der Waals surface area contributed by atoms with Gasteiger partial charge in [-0.05, 0) is 61.4 Å². The van der Waals surface area contributed by atoms with E-state index in [0.717, 1.165) is 48.1 Å². The van der Waals surface area contributed by atoms with Crippen molar-refractivity contribution in [2.45, 2.75) is 56.0 Å². The van der Waals surface area contributed by atoms with Crippen LogP contribution in [-0.4, -0.2) is 58.7 Å². The van der Waals surface area contributed by atoms with Crippen LogP contribution >= 0.6 is 0 Å². The van der Waals surface area contributed by atoms with Crippen molar-refractivity contribution in [3.8, 4) is 11.1 Å². The summed E-state index contributed by atoms with van der Waals surface area (Å²) in [6.07, 6.45) is 2.26. The molecule has 1 aromatic heterocycles. The van der Waals surface area contributed by atoms with Crippen molar-refractivity contribution in [2.24, 2.45) is 0 Å². The molecule has 2 fully saturated rings. The highest BCUT2D eigenvalue weighted by Gasteiger charge is 2.36. The number of hydrogen-bond donors (Lipinski definition) is 3. The second kappa shape index (κ2) is 11.4. The predicted octanol–water partition coefficient (Wildman–Crippen LogP) is 4.11. The van der Waals surface area contributed by atoms with Crippen LogP contribution in [0.25, 0.3) is 11.1 Å². The number of amides is 2. The van der Waals surface area contributed by atoms with Crippen LogP contribution in [0.15, 0.2) is 65.5 Å². The quantitative estimate of drug-likeness (QED) is 0.404. The highest BCUT2D eigenvalue weighted by Crippen LogP contribution is 2.38. The molecular formula is C29H31F3N4O4. The van der Waals surface area contributed by atoms with Gasteiger partial charge in [-0.25, -0.2) is 0 Å². The zero-order valence-corrected chi connectivity index (χ0v) is 21.8. The predicted molar refractivity (Wildman–Crippen MR) is 140 cm³/mol. The molecule has 0 spiro atoms. The Labute approximate surface area is 229 Å². The summed E-state index contributed by atoms with van der Waals surface area (Å²) in [5, 5.41) is 21.1. The lowest BCUT2D eigenvalue weighted by Gasteiger charge is -2.37. The van der Waals surface area contributed by atoms with E-state index < -0.39 is 23.2 Å².